The maximum Gasteiger partial charge on any atom is 0.243 e. The van der Waals surface area contributed by atoms with Gasteiger partial charge in [0.25, 0.3) is 0 Å². The van der Waals surface area contributed by atoms with E-state index in [4.69, 9.17) is 16.3 Å². The number of hydrogen-bond donors (Lipinski definition) is 0. The maximum atomic E-state index is 12.9. The van der Waals surface area contributed by atoms with Crippen LogP contribution in [0.3, 0.4) is 0 Å². The van der Waals surface area contributed by atoms with Crippen molar-refractivity contribution in [3.8, 4) is 5.75 Å². The van der Waals surface area contributed by atoms with Crippen LogP contribution >= 0.6 is 11.6 Å². The lowest BCUT2D eigenvalue weighted by molar-refractivity contribution is -0.129. The molecular formula is C21H26ClN3O4S. The smallest absolute Gasteiger partial charge is 0.243 e. The van der Waals surface area contributed by atoms with Gasteiger partial charge < -0.3 is 14.5 Å². The summed E-state index contributed by atoms with van der Waals surface area (Å²) in [4.78, 5) is 16.8. The highest BCUT2D eigenvalue weighted by Gasteiger charge is 2.28. The summed E-state index contributed by atoms with van der Waals surface area (Å²) in [6, 6.07) is 12.9. The van der Waals surface area contributed by atoms with Crippen molar-refractivity contribution in [2.75, 3.05) is 55.3 Å². The molecule has 0 radical (unpaired) electrons. The van der Waals surface area contributed by atoms with Gasteiger partial charge in [0.15, 0.2) is 0 Å². The molecule has 1 aliphatic rings. The Hall–Kier alpha value is -2.45. The Bertz CT molecular complexity index is 1020. The Morgan fingerprint density at radius 2 is 1.83 bits per heavy atom. The number of amides is 1. The number of methoxy groups -OCH3 is 1. The number of carbonyl (C=O) groups excluding carboxylic acids is 1. The zero-order chi connectivity index (χ0) is 21.9. The van der Waals surface area contributed by atoms with E-state index >= 15 is 0 Å². The molecule has 1 fully saturated rings. The Morgan fingerprint density at radius 3 is 2.43 bits per heavy atom. The second kappa shape index (κ2) is 9.14. The molecule has 162 valence electrons. The van der Waals surface area contributed by atoms with Gasteiger partial charge in [-0.05, 0) is 42.8 Å². The molecule has 0 spiro atoms. The number of rotatable bonds is 6. The number of ether oxygens (including phenoxy) is 1. The van der Waals surface area contributed by atoms with Crippen LogP contribution in [0.2, 0.25) is 5.02 Å². The highest BCUT2D eigenvalue weighted by atomic mass is 35.5. The normalized spacial score (nSPS) is 14.5. The van der Waals surface area contributed by atoms with E-state index in [0.717, 1.165) is 21.8 Å². The Morgan fingerprint density at radius 1 is 1.13 bits per heavy atom. The van der Waals surface area contributed by atoms with Gasteiger partial charge in [-0.3, -0.25) is 9.10 Å². The lowest BCUT2D eigenvalue weighted by atomic mass is 10.2. The summed E-state index contributed by atoms with van der Waals surface area (Å²) in [7, 11) is -2.20. The molecule has 1 saturated heterocycles. The van der Waals surface area contributed by atoms with E-state index in [0.29, 0.717) is 42.6 Å². The predicted octanol–water partition coefficient (Wildman–Crippen LogP) is 2.77. The molecular weight excluding hydrogens is 426 g/mol. The summed E-state index contributed by atoms with van der Waals surface area (Å²) in [6.45, 7) is 3.91. The molecule has 1 aliphatic heterocycles. The van der Waals surface area contributed by atoms with Crippen LogP contribution < -0.4 is 13.9 Å². The van der Waals surface area contributed by atoms with Gasteiger partial charge in [0.05, 0.1) is 19.1 Å². The number of hydrogen-bond acceptors (Lipinski definition) is 5. The molecule has 1 amide bonds. The van der Waals surface area contributed by atoms with Crippen molar-refractivity contribution in [2.24, 2.45) is 0 Å². The SMILES string of the molecule is COc1ccc(C)cc1N(CC(=O)N1CCN(c2cccc(Cl)c2)CC1)S(C)(=O)=O. The van der Waals surface area contributed by atoms with Crippen molar-refractivity contribution in [1.29, 1.82) is 0 Å². The molecule has 1 heterocycles. The van der Waals surface area contributed by atoms with Crippen molar-refractivity contribution >= 4 is 38.9 Å². The second-order valence-electron chi connectivity index (χ2n) is 7.29. The van der Waals surface area contributed by atoms with Gasteiger partial charge in [-0.1, -0.05) is 23.7 Å². The van der Waals surface area contributed by atoms with Crippen LogP contribution in [0.15, 0.2) is 42.5 Å². The summed E-state index contributed by atoms with van der Waals surface area (Å²) < 4.78 is 31.4. The van der Waals surface area contributed by atoms with E-state index in [-0.39, 0.29) is 12.5 Å². The summed E-state index contributed by atoms with van der Waals surface area (Å²) >= 11 is 6.07. The van der Waals surface area contributed by atoms with Gasteiger partial charge in [0, 0.05) is 36.9 Å². The minimum atomic E-state index is -3.68. The standard InChI is InChI=1S/C21H26ClN3O4S/c1-16-7-8-20(29-2)19(13-16)25(30(3,27)28)15-21(26)24-11-9-23(10-12-24)18-6-4-5-17(22)14-18/h4-8,13-14H,9-12,15H2,1-3H3. The first-order valence-corrected chi connectivity index (χ1v) is 11.8. The second-order valence-corrected chi connectivity index (χ2v) is 9.64. The minimum absolute atomic E-state index is 0.241. The third kappa shape index (κ3) is 5.17. The average molecular weight is 452 g/mol. The predicted molar refractivity (Wildman–Crippen MR) is 120 cm³/mol. The number of carbonyl (C=O) groups is 1. The van der Waals surface area contributed by atoms with Crippen LogP contribution in [0.1, 0.15) is 5.56 Å². The zero-order valence-electron chi connectivity index (χ0n) is 17.3. The summed E-state index contributed by atoms with van der Waals surface area (Å²) in [6.07, 6.45) is 1.10. The van der Waals surface area contributed by atoms with Crippen molar-refractivity contribution in [3.05, 3.63) is 53.1 Å². The first kappa shape index (κ1) is 22.2. The highest BCUT2D eigenvalue weighted by Crippen LogP contribution is 2.31. The third-order valence-electron chi connectivity index (χ3n) is 5.09. The van der Waals surface area contributed by atoms with Gasteiger partial charge in [-0.2, -0.15) is 0 Å². The third-order valence-corrected chi connectivity index (χ3v) is 6.45. The Kier molecular flexibility index (Phi) is 6.77. The summed E-state index contributed by atoms with van der Waals surface area (Å²) in [5.41, 5.74) is 2.25. The topological polar surface area (TPSA) is 70.2 Å². The van der Waals surface area contributed by atoms with Gasteiger partial charge >= 0.3 is 0 Å². The van der Waals surface area contributed by atoms with E-state index in [1.165, 1.54) is 7.11 Å². The fourth-order valence-electron chi connectivity index (χ4n) is 3.49. The number of sulfonamides is 1. The maximum absolute atomic E-state index is 12.9. The van der Waals surface area contributed by atoms with Crippen LogP contribution in [0.5, 0.6) is 5.75 Å². The van der Waals surface area contributed by atoms with Crippen molar-refractivity contribution < 1.29 is 17.9 Å². The molecule has 0 bridgehead atoms. The van der Waals surface area contributed by atoms with Gasteiger partial charge in [0.1, 0.15) is 12.3 Å². The average Bonchev–Trinajstić information content (AvgIpc) is 2.71. The lowest BCUT2D eigenvalue weighted by Crippen LogP contribution is -2.52. The van der Waals surface area contributed by atoms with E-state index in [2.05, 4.69) is 4.90 Å². The molecule has 3 rings (SSSR count). The van der Waals surface area contributed by atoms with E-state index in [9.17, 15) is 13.2 Å². The van der Waals surface area contributed by atoms with Crippen LogP contribution in [0.25, 0.3) is 0 Å². The van der Waals surface area contributed by atoms with E-state index in [1.54, 1.807) is 17.0 Å². The zero-order valence-corrected chi connectivity index (χ0v) is 18.9. The van der Waals surface area contributed by atoms with Crippen molar-refractivity contribution in [3.63, 3.8) is 0 Å². The van der Waals surface area contributed by atoms with Gasteiger partial charge in [-0.25, -0.2) is 8.42 Å². The van der Waals surface area contributed by atoms with Crippen LogP contribution in [-0.2, 0) is 14.8 Å². The minimum Gasteiger partial charge on any atom is -0.495 e. The van der Waals surface area contributed by atoms with E-state index in [1.807, 2.05) is 37.3 Å². The van der Waals surface area contributed by atoms with E-state index < -0.39 is 10.0 Å². The molecule has 0 aliphatic carbocycles. The molecule has 0 aromatic heterocycles. The van der Waals surface area contributed by atoms with Gasteiger partial charge in [0.2, 0.25) is 15.9 Å². The number of benzene rings is 2. The molecule has 0 N–H and O–H groups in total. The Balaban J connectivity index is 1.73. The molecule has 30 heavy (non-hydrogen) atoms. The molecule has 9 heteroatoms. The number of nitrogens with zero attached hydrogens (tertiary/aromatic N) is 3. The summed E-state index contributed by atoms with van der Waals surface area (Å²) in [5, 5.41) is 0.668. The summed E-state index contributed by atoms with van der Waals surface area (Å²) in [5.74, 6) is 0.166. The first-order valence-electron chi connectivity index (χ1n) is 9.59. The van der Waals surface area contributed by atoms with Crippen molar-refractivity contribution in [2.45, 2.75) is 6.92 Å². The number of aryl methyl sites for hydroxylation is 1. The number of anilines is 2. The molecule has 0 atom stereocenters. The Labute approximate surface area is 182 Å². The fourth-order valence-corrected chi connectivity index (χ4v) is 4.52. The number of piperazine rings is 1. The molecule has 7 nitrogen and oxygen atoms in total. The molecule has 0 unspecified atom stereocenters. The molecule has 2 aromatic rings. The quantitative estimate of drug-likeness (QED) is 0.675. The lowest BCUT2D eigenvalue weighted by Gasteiger charge is -2.37. The van der Waals surface area contributed by atoms with Crippen LogP contribution in [-0.4, -0.2) is 65.3 Å². The van der Waals surface area contributed by atoms with Crippen LogP contribution in [0, 0.1) is 6.92 Å². The van der Waals surface area contributed by atoms with Crippen molar-refractivity contribution in [1.82, 2.24) is 4.90 Å². The first-order chi connectivity index (χ1) is 14.2. The number of halogens is 1. The molecule has 2 aromatic carbocycles. The largest absolute Gasteiger partial charge is 0.495 e. The van der Waals surface area contributed by atoms with Gasteiger partial charge in [-0.15, -0.1) is 0 Å². The fraction of sp³-hybridized carbons (Fsp3) is 0.381. The highest BCUT2D eigenvalue weighted by molar-refractivity contribution is 7.92. The van der Waals surface area contributed by atoms with Crippen LogP contribution in [0.4, 0.5) is 11.4 Å². The monoisotopic (exact) mass is 451 g/mol. The molecule has 0 saturated carbocycles.